The Morgan fingerprint density at radius 1 is 0.773 bits per heavy atom. The highest BCUT2D eigenvalue weighted by Crippen LogP contribution is 2.52. The minimum atomic E-state index is 0.0857. The zero-order chi connectivity index (χ0) is 15.9. The molecule has 4 rings (SSSR count). The van der Waals surface area contributed by atoms with E-state index in [1.807, 2.05) is 0 Å². The molecule has 0 unspecified atom stereocenters. The zero-order valence-electron chi connectivity index (χ0n) is 14.4. The van der Waals surface area contributed by atoms with E-state index in [0.29, 0.717) is 0 Å². The molecule has 0 fully saturated rings. The minimum Gasteiger partial charge on any atom is -0.202 e. The van der Waals surface area contributed by atoms with Crippen molar-refractivity contribution in [3.8, 4) is 11.1 Å². The normalized spacial score (nSPS) is 19.9. The largest absolute Gasteiger partial charge is 0.209 e. The first-order valence-electron chi connectivity index (χ1n) is 8.13. The van der Waals surface area contributed by atoms with E-state index in [9.17, 15) is 0 Å². The zero-order valence-corrected chi connectivity index (χ0v) is 14.4. The fourth-order valence-electron chi connectivity index (χ4n) is 4.31. The van der Waals surface area contributed by atoms with Gasteiger partial charge in [0.1, 0.15) is 7.05 Å². The van der Waals surface area contributed by atoms with Gasteiger partial charge in [-0.1, -0.05) is 38.1 Å². The molecule has 2 aromatic carbocycles. The number of fused-ring (bicyclic) bond motifs is 4. The summed E-state index contributed by atoms with van der Waals surface area (Å²) < 4.78 is 2.37. The number of nitrogens with zero attached hydrogens (tertiary/aromatic N) is 1. The molecule has 0 N–H and O–H groups in total. The Balaban J connectivity index is 2.08. The first-order valence-corrected chi connectivity index (χ1v) is 8.13. The summed E-state index contributed by atoms with van der Waals surface area (Å²) in [6.45, 7) is 11.6. The predicted octanol–water partition coefficient (Wildman–Crippen LogP) is 5.02. The molecule has 0 atom stereocenters. The number of rotatable bonds is 0. The third-order valence-electron chi connectivity index (χ3n) is 6.14. The lowest BCUT2D eigenvalue weighted by molar-refractivity contribution is -0.403. The first-order chi connectivity index (χ1) is 10.3. The molecule has 2 aliphatic rings. The maximum Gasteiger partial charge on any atom is 0.209 e. The van der Waals surface area contributed by atoms with Crippen molar-refractivity contribution >= 4 is 11.4 Å². The molecule has 0 bridgehead atoms. The Labute approximate surface area is 133 Å². The lowest BCUT2D eigenvalue weighted by Crippen LogP contribution is -2.25. The molecule has 0 saturated carbocycles. The maximum absolute atomic E-state index is 2.45. The van der Waals surface area contributed by atoms with E-state index in [1.54, 1.807) is 0 Å². The van der Waals surface area contributed by atoms with E-state index in [2.05, 4.69) is 82.6 Å². The van der Waals surface area contributed by atoms with Gasteiger partial charge in [0.2, 0.25) is 5.69 Å². The van der Waals surface area contributed by atoms with Gasteiger partial charge in [0.05, 0.1) is 5.41 Å². The summed E-state index contributed by atoms with van der Waals surface area (Å²) >= 11 is 0. The van der Waals surface area contributed by atoms with Crippen LogP contribution >= 0.6 is 0 Å². The standard InChI is InChI=1S/C21H24N/c1-13-20(2,3)18-11-15-14-9-7-8-10-16(14)21(4,5)17(15)12-19(18)22(13)6/h7-12H,1-6H3/q+1. The smallest absolute Gasteiger partial charge is 0.202 e. The van der Waals surface area contributed by atoms with Crippen molar-refractivity contribution in [2.24, 2.45) is 0 Å². The number of benzene rings is 2. The highest BCUT2D eigenvalue weighted by molar-refractivity contribution is 5.95. The molecule has 1 aliphatic heterocycles. The van der Waals surface area contributed by atoms with Crippen molar-refractivity contribution in [1.29, 1.82) is 0 Å². The topological polar surface area (TPSA) is 3.01 Å². The Bertz CT molecular complexity index is 850. The van der Waals surface area contributed by atoms with Gasteiger partial charge in [0, 0.05) is 24.0 Å². The maximum atomic E-state index is 2.45. The van der Waals surface area contributed by atoms with E-state index in [4.69, 9.17) is 0 Å². The number of hydrogen-bond acceptors (Lipinski definition) is 0. The fraction of sp³-hybridized carbons (Fsp3) is 0.381. The molecule has 22 heavy (non-hydrogen) atoms. The van der Waals surface area contributed by atoms with Crippen LogP contribution in [0.1, 0.15) is 51.3 Å². The van der Waals surface area contributed by atoms with Crippen LogP contribution in [0.2, 0.25) is 0 Å². The Morgan fingerprint density at radius 2 is 1.45 bits per heavy atom. The molecule has 0 amide bonds. The molecule has 1 heterocycles. The molecule has 0 spiro atoms. The summed E-state index contributed by atoms with van der Waals surface area (Å²) in [5.74, 6) is 0. The fourth-order valence-corrected chi connectivity index (χ4v) is 4.31. The number of hydrogen-bond donors (Lipinski definition) is 0. The van der Waals surface area contributed by atoms with Crippen molar-refractivity contribution in [1.82, 2.24) is 0 Å². The van der Waals surface area contributed by atoms with Gasteiger partial charge in [-0.15, -0.1) is 0 Å². The molecule has 1 aliphatic carbocycles. The molecule has 1 nitrogen and oxygen atoms in total. The average Bonchev–Trinajstić information content (AvgIpc) is 2.82. The van der Waals surface area contributed by atoms with Gasteiger partial charge in [-0.05, 0) is 42.2 Å². The molecule has 112 valence electrons. The van der Waals surface area contributed by atoms with Crippen molar-refractivity contribution in [2.75, 3.05) is 7.05 Å². The van der Waals surface area contributed by atoms with Crippen LogP contribution in [-0.4, -0.2) is 17.3 Å². The monoisotopic (exact) mass is 290 g/mol. The third kappa shape index (κ3) is 1.42. The van der Waals surface area contributed by atoms with E-state index >= 15 is 0 Å². The van der Waals surface area contributed by atoms with Crippen LogP contribution in [0.25, 0.3) is 11.1 Å². The van der Waals surface area contributed by atoms with Crippen molar-refractivity contribution < 1.29 is 4.58 Å². The van der Waals surface area contributed by atoms with Gasteiger partial charge in [-0.25, -0.2) is 4.58 Å². The van der Waals surface area contributed by atoms with Gasteiger partial charge in [0.15, 0.2) is 5.71 Å². The Kier molecular flexibility index (Phi) is 2.44. The summed E-state index contributed by atoms with van der Waals surface area (Å²) in [5.41, 5.74) is 10.2. The van der Waals surface area contributed by atoms with Gasteiger partial charge in [-0.2, -0.15) is 0 Å². The molecule has 0 aromatic heterocycles. The summed E-state index contributed by atoms with van der Waals surface area (Å²) in [6, 6.07) is 13.8. The molecule has 0 saturated heterocycles. The van der Waals surface area contributed by atoms with Gasteiger partial charge in [-0.3, -0.25) is 0 Å². The molecule has 1 heteroatoms. The lowest BCUT2D eigenvalue weighted by Gasteiger charge is -2.22. The van der Waals surface area contributed by atoms with E-state index in [-0.39, 0.29) is 10.8 Å². The predicted molar refractivity (Wildman–Crippen MR) is 93.6 cm³/mol. The van der Waals surface area contributed by atoms with Crippen LogP contribution in [0.3, 0.4) is 0 Å². The highest BCUT2D eigenvalue weighted by Gasteiger charge is 2.45. The second kappa shape index (κ2) is 3.90. The van der Waals surface area contributed by atoms with Gasteiger partial charge in [0.25, 0.3) is 0 Å². The second-order valence-corrected chi connectivity index (χ2v) is 7.85. The highest BCUT2D eigenvalue weighted by atomic mass is 15.0. The van der Waals surface area contributed by atoms with Gasteiger partial charge < -0.3 is 0 Å². The van der Waals surface area contributed by atoms with Crippen molar-refractivity contribution in [3.05, 3.63) is 53.1 Å². The van der Waals surface area contributed by atoms with Crippen LogP contribution in [-0.2, 0) is 10.8 Å². The van der Waals surface area contributed by atoms with E-state index < -0.39 is 0 Å². The van der Waals surface area contributed by atoms with E-state index in [0.717, 1.165) is 0 Å². The van der Waals surface area contributed by atoms with E-state index in [1.165, 1.54) is 39.2 Å². The summed E-state index contributed by atoms with van der Waals surface area (Å²) in [4.78, 5) is 0. The summed E-state index contributed by atoms with van der Waals surface area (Å²) in [5, 5.41) is 0. The lowest BCUT2D eigenvalue weighted by atomic mass is 9.78. The van der Waals surface area contributed by atoms with Crippen molar-refractivity contribution in [2.45, 2.75) is 45.4 Å². The van der Waals surface area contributed by atoms with Crippen LogP contribution in [0.15, 0.2) is 36.4 Å². The molecular formula is C21H24N+. The Hall–Kier alpha value is -1.89. The van der Waals surface area contributed by atoms with Crippen LogP contribution < -0.4 is 0 Å². The Morgan fingerprint density at radius 3 is 2.18 bits per heavy atom. The SMILES string of the molecule is CC1=[N+](C)c2cc3c(cc2C1(C)C)-c1ccccc1C3(C)C. The van der Waals surface area contributed by atoms with Gasteiger partial charge >= 0.3 is 0 Å². The van der Waals surface area contributed by atoms with Crippen LogP contribution in [0, 0.1) is 0 Å². The average molecular weight is 290 g/mol. The summed E-state index contributed by atoms with van der Waals surface area (Å²) in [7, 11) is 2.20. The summed E-state index contributed by atoms with van der Waals surface area (Å²) in [6.07, 6.45) is 0. The third-order valence-corrected chi connectivity index (χ3v) is 6.14. The first kappa shape index (κ1) is 13.8. The van der Waals surface area contributed by atoms with Crippen molar-refractivity contribution in [3.63, 3.8) is 0 Å². The minimum absolute atomic E-state index is 0.0857. The molecule has 2 aromatic rings. The quantitative estimate of drug-likeness (QED) is 0.599. The second-order valence-electron chi connectivity index (χ2n) is 7.85. The molecular weight excluding hydrogens is 266 g/mol. The van der Waals surface area contributed by atoms with Crippen LogP contribution in [0.4, 0.5) is 5.69 Å². The van der Waals surface area contributed by atoms with Crippen LogP contribution in [0.5, 0.6) is 0 Å². The molecule has 0 radical (unpaired) electrons.